The highest BCUT2D eigenvalue weighted by Gasteiger charge is 2.23. The first-order valence-corrected chi connectivity index (χ1v) is 7.22. The van der Waals surface area contributed by atoms with Crippen LogP contribution in [0.5, 0.6) is 0 Å². The summed E-state index contributed by atoms with van der Waals surface area (Å²) in [4.78, 5) is 34.8. The Kier molecular flexibility index (Phi) is 5.96. The van der Waals surface area contributed by atoms with E-state index in [1.165, 1.54) is 23.3 Å². The number of amides is 3. The molecule has 9 heteroatoms. The van der Waals surface area contributed by atoms with Crippen molar-refractivity contribution in [3.63, 3.8) is 0 Å². The summed E-state index contributed by atoms with van der Waals surface area (Å²) in [5, 5.41) is 13.0. The molecule has 3 amide bonds. The standard InChI is InChI=1S/C11H14BrN3O4S/c1-15(4-6-2-8(12)20-5-6)11(19)14-7(10(17)18)3-9(13)16/h2,5,7H,3-4H2,1H3,(H2,13,16)(H,14,19)(H,17,18)/t7-/m1/s1. The third kappa shape index (κ3) is 5.17. The summed E-state index contributed by atoms with van der Waals surface area (Å²) in [7, 11) is 1.53. The fraction of sp³-hybridized carbons (Fsp3) is 0.364. The number of thiophene rings is 1. The fourth-order valence-electron chi connectivity index (χ4n) is 1.43. The summed E-state index contributed by atoms with van der Waals surface area (Å²) < 4.78 is 0.943. The van der Waals surface area contributed by atoms with Crippen LogP contribution in [0.1, 0.15) is 12.0 Å². The molecule has 1 heterocycles. The number of primary amides is 1. The van der Waals surface area contributed by atoms with Crippen LogP contribution in [0.3, 0.4) is 0 Å². The first-order chi connectivity index (χ1) is 9.29. The number of rotatable bonds is 6. The molecule has 0 aromatic carbocycles. The maximum Gasteiger partial charge on any atom is 0.326 e. The molecular weight excluding hydrogens is 350 g/mol. The Labute approximate surface area is 127 Å². The monoisotopic (exact) mass is 363 g/mol. The van der Waals surface area contributed by atoms with Crippen molar-refractivity contribution < 1.29 is 19.5 Å². The SMILES string of the molecule is CN(Cc1csc(Br)c1)C(=O)N[C@H](CC(N)=O)C(=O)O. The van der Waals surface area contributed by atoms with Gasteiger partial charge in [-0.1, -0.05) is 0 Å². The minimum atomic E-state index is -1.32. The third-order valence-corrected chi connectivity index (χ3v) is 3.94. The number of carboxylic acid groups (broad SMARTS) is 1. The zero-order valence-corrected chi connectivity index (χ0v) is 13.0. The second kappa shape index (κ2) is 7.25. The fourth-order valence-corrected chi connectivity index (χ4v) is 2.64. The number of aliphatic carboxylic acids is 1. The van der Waals surface area contributed by atoms with Crippen molar-refractivity contribution in [2.75, 3.05) is 7.05 Å². The van der Waals surface area contributed by atoms with Crippen LogP contribution in [-0.4, -0.2) is 41.0 Å². The van der Waals surface area contributed by atoms with Crippen molar-refractivity contribution in [2.45, 2.75) is 19.0 Å². The average Bonchev–Trinajstić information content (AvgIpc) is 2.72. The number of nitrogens with two attached hydrogens (primary N) is 1. The maximum absolute atomic E-state index is 11.8. The molecular formula is C11H14BrN3O4S. The van der Waals surface area contributed by atoms with Crippen LogP contribution in [0, 0.1) is 0 Å². The van der Waals surface area contributed by atoms with Gasteiger partial charge in [0.25, 0.3) is 0 Å². The van der Waals surface area contributed by atoms with Crippen molar-refractivity contribution in [3.05, 3.63) is 20.8 Å². The van der Waals surface area contributed by atoms with E-state index in [0.717, 1.165) is 9.35 Å². The van der Waals surface area contributed by atoms with E-state index in [1.54, 1.807) is 0 Å². The predicted molar refractivity (Wildman–Crippen MR) is 77.3 cm³/mol. The van der Waals surface area contributed by atoms with E-state index >= 15 is 0 Å². The zero-order valence-electron chi connectivity index (χ0n) is 10.6. The van der Waals surface area contributed by atoms with Gasteiger partial charge in [0.05, 0.1) is 10.2 Å². The van der Waals surface area contributed by atoms with Crippen molar-refractivity contribution in [1.29, 1.82) is 0 Å². The second-order valence-corrected chi connectivity index (χ2v) is 6.42. The third-order valence-electron chi connectivity index (χ3n) is 2.39. The molecule has 0 aliphatic rings. The Bertz CT molecular complexity index is 520. The summed E-state index contributed by atoms with van der Waals surface area (Å²) in [6, 6.07) is -0.0374. The van der Waals surface area contributed by atoms with Gasteiger partial charge in [-0.2, -0.15) is 0 Å². The van der Waals surface area contributed by atoms with Gasteiger partial charge in [-0.25, -0.2) is 9.59 Å². The molecule has 0 aliphatic heterocycles. The number of nitrogens with one attached hydrogen (secondary N) is 1. The van der Waals surface area contributed by atoms with Crippen molar-refractivity contribution in [3.8, 4) is 0 Å². The highest BCUT2D eigenvalue weighted by Crippen LogP contribution is 2.21. The zero-order chi connectivity index (χ0) is 15.3. The molecule has 0 aliphatic carbocycles. The Hall–Kier alpha value is -1.61. The minimum absolute atomic E-state index is 0.330. The highest BCUT2D eigenvalue weighted by molar-refractivity contribution is 9.11. The van der Waals surface area contributed by atoms with E-state index in [9.17, 15) is 14.4 Å². The normalized spacial score (nSPS) is 11.7. The smallest absolute Gasteiger partial charge is 0.326 e. The van der Waals surface area contributed by atoms with Crippen LogP contribution >= 0.6 is 27.3 Å². The molecule has 1 aromatic heterocycles. The number of halogens is 1. The Morgan fingerprint density at radius 2 is 2.20 bits per heavy atom. The second-order valence-electron chi connectivity index (χ2n) is 4.13. The van der Waals surface area contributed by atoms with Gasteiger partial charge < -0.3 is 21.1 Å². The van der Waals surface area contributed by atoms with E-state index in [1.807, 2.05) is 11.4 Å². The lowest BCUT2D eigenvalue weighted by Gasteiger charge is -2.20. The lowest BCUT2D eigenvalue weighted by Crippen LogP contribution is -2.47. The molecule has 0 radical (unpaired) electrons. The molecule has 0 bridgehead atoms. The van der Waals surface area contributed by atoms with Gasteiger partial charge in [-0.3, -0.25) is 4.79 Å². The molecule has 0 spiro atoms. The number of hydrogen-bond donors (Lipinski definition) is 3. The van der Waals surface area contributed by atoms with E-state index in [-0.39, 0.29) is 0 Å². The number of carbonyl (C=O) groups excluding carboxylic acids is 2. The largest absolute Gasteiger partial charge is 0.480 e. The number of carboxylic acids is 1. The van der Waals surface area contributed by atoms with Crippen molar-refractivity contribution in [1.82, 2.24) is 10.2 Å². The average molecular weight is 364 g/mol. The molecule has 0 unspecified atom stereocenters. The lowest BCUT2D eigenvalue weighted by atomic mass is 10.2. The van der Waals surface area contributed by atoms with Crippen LogP contribution in [0.2, 0.25) is 0 Å². The summed E-state index contributed by atoms with van der Waals surface area (Å²) in [6.07, 6.45) is -0.446. The van der Waals surface area contributed by atoms with E-state index in [4.69, 9.17) is 10.8 Å². The summed E-state index contributed by atoms with van der Waals surface area (Å²) in [5.74, 6) is -2.09. The summed E-state index contributed by atoms with van der Waals surface area (Å²) in [6.45, 7) is 0.330. The van der Waals surface area contributed by atoms with Gasteiger partial charge in [0, 0.05) is 13.6 Å². The van der Waals surface area contributed by atoms with E-state index < -0.39 is 30.4 Å². The van der Waals surface area contributed by atoms with E-state index in [0.29, 0.717) is 6.54 Å². The van der Waals surface area contributed by atoms with Crippen molar-refractivity contribution in [2.24, 2.45) is 5.73 Å². The van der Waals surface area contributed by atoms with Crippen LogP contribution in [0.25, 0.3) is 0 Å². The first-order valence-electron chi connectivity index (χ1n) is 5.55. The van der Waals surface area contributed by atoms with Gasteiger partial charge in [-0.15, -0.1) is 11.3 Å². The van der Waals surface area contributed by atoms with Gasteiger partial charge in [-0.05, 0) is 32.9 Å². The lowest BCUT2D eigenvalue weighted by molar-refractivity contribution is -0.140. The Morgan fingerprint density at radius 3 is 2.65 bits per heavy atom. The summed E-state index contributed by atoms with van der Waals surface area (Å²) >= 11 is 4.80. The molecule has 20 heavy (non-hydrogen) atoms. The predicted octanol–water partition coefficient (Wildman–Crippen LogP) is 0.981. The van der Waals surface area contributed by atoms with Crippen LogP contribution in [0.15, 0.2) is 15.2 Å². The van der Waals surface area contributed by atoms with Gasteiger partial charge in [0.1, 0.15) is 6.04 Å². The van der Waals surface area contributed by atoms with Gasteiger partial charge in [0.2, 0.25) is 5.91 Å². The van der Waals surface area contributed by atoms with Gasteiger partial charge in [0.15, 0.2) is 0 Å². The maximum atomic E-state index is 11.8. The highest BCUT2D eigenvalue weighted by atomic mass is 79.9. The quantitative estimate of drug-likeness (QED) is 0.698. The van der Waals surface area contributed by atoms with Crippen LogP contribution in [0.4, 0.5) is 4.79 Å². The minimum Gasteiger partial charge on any atom is -0.480 e. The molecule has 4 N–H and O–H groups in total. The molecule has 7 nitrogen and oxygen atoms in total. The molecule has 1 rings (SSSR count). The number of carbonyl (C=O) groups is 3. The number of urea groups is 1. The summed E-state index contributed by atoms with van der Waals surface area (Å²) in [5.41, 5.74) is 5.86. The molecule has 0 saturated carbocycles. The van der Waals surface area contributed by atoms with Crippen LogP contribution in [-0.2, 0) is 16.1 Å². The first kappa shape index (κ1) is 16.4. The molecule has 110 valence electrons. The van der Waals surface area contributed by atoms with Gasteiger partial charge >= 0.3 is 12.0 Å². The topological polar surface area (TPSA) is 113 Å². The Morgan fingerprint density at radius 1 is 1.55 bits per heavy atom. The van der Waals surface area contributed by atoms with E-state index in [2.05, 4.69) is 21.2 Å². The molecule has 1 aromatic rings. The van der Waals surface area contributed by atoms with Crippen molar-refractivity contribution >= 4 is 45.2 Å². The molecule has 1 atom stereocenters. The Balaban J connectivity index is 2.59. The number of nitrogens with zero attached hydrogens (tertiary/aromatic N) is 1. The number of hydrogen-bond acceptors (Lipinski definition) is 4. The van der Waals surface area contributed by atoms with Crippen LogP contribution < -0.4 is 11.1 Å². The molecule has 0 fully saturated rings. The molecule has 0 saturated heterocycles.